The van der Waals surface area contributed by atoms with Gasteiger partial charge in [0.25, 0.3) is 0 Å². The van der Waals surface area contributed by atoms with Gasteiger partial charge in [-0.2, -0.15) is 0 Å². The van der Waals surface area contributed by atoms with E-state index in [2.05, 4.69) is 0 Å². The van der Waals surface area contributed by atoms with E-state index in [0.717, 1.165) is 29.7 Å². The zero-order valence-corrected chi connectivity index (χ0v) is 11.0. The van der Waals surface area contributed by atoms with Gasteiger partial charge >= 0.3 is 5.97 Å². The first-order chi connectivity index (χ1) is 9.06. The molecule has 0 bridgehead atoms. The van der Waals surface area contributed by atoms with Crippen LogP contribution in [0.3, 0.4) is 0 Å². The molecule has 1 aromatic carbocycles. The number of hydrogen-bond acceptors (Lipinski definition) is 2. The third kappa shape index (κ3) is 1.59. The fourth-order valence-electron chi connectivity index (χ4n) is 3.50. The number of carboxylic acids is 1. The van der Waals surface area contributed by atoms with E-state index >= 15 is 0 Å². The van der Waals surface area contributed by atoms with Gasteiger partial charge in [0.05, 0.1) is 17.5 Å². The van der Waals surface area contributed by atoms with Crippen LogP contribution in [-0.2, 0) is 21.4 Å². The Labute approximate surface area is 112 Å². The lowest BCUT2D eigenvalue weighted by molar-refractivity contribution is -0.143. The Balaban J connectivity index is 2.19. The molecule has 2 aliphatic rings. The number of nitrogens with zero attached hydrogens (tertiary/aromatic N) is 1. The minimum Gasteiger partial charge on any atom is -0.481 e. The standard InChI is InChI=1S/C15H17NO3/c1-16-12(17)9-10-5-4-6-11(13(10)16)15(14(18)19)7-2-3-8-15/h4-6H,2-3,7-9H2,1H3,(H,18,19). The summed E-state index contributed by atoms with van der Waals surface area (Å²) in [5.74, 6) is -0.716. The highest BCUT2D eigenvalue weighted by molar-refractivity contribution is 6.03. The molecule has 3 rings (SSSR count). The fourth-order valence-corrected chi connectivity index (χ4v) is 3.50. The largest absolute Gasteiger partial charge is 0.481 e. The number of para-hydroxylation sites is 1. The average molecular weight is 259 g/mol. The van der Waals surface area contributed by atoms with Gasteiger partial charge in [-0.05, 0) is 24.0 Å². The van der Waals surface area contributed by atoms with Crippen molar-refractivity contribution in [1.29, 1.82) is 0 Å². The number of carbonyl (C=O) groups is 2. The SMILES string of the molecule is CN1C(=O)Cc2cccc(C3(C(=O)O)CCCC3)c21. The van der Waals surface area contributed by atoms with E-state index in [9.17, 15) is 14.7 Å². The first-order valence-corrected chi connectivity index (χ1v) is 6.68. The average Bonchev–Trinajstić information content (AvgIpc) is 2.97. The molecular weight excluding hydrogens is 242 g/mol. The van der Waals surface area contributed by atoms with E-state index in [1.54, 1.807) is 11.9 Å². The molecule has 1 aliphatic heterocycles. The first kappa shape index (κ1) is 12.2. The lowest BCUT2D eigenvalue weighted by Gasteiger charge is -2.28. The summed E-state index contributed by atoms with van der Waals surface area (Å²) in [6.45, 7) is 0. The maximum Gasteiger partial charge on any atom is 0.314 e. The number of benzene rings is 1. The molecule has 100 valence electrons. The number of hydrogen-bond donors (Lipinski definition) is 1. The van der Waals surface area contributed by atoms with Crippen molar-refractivity contribution in [3.8, 4) is 0 Å². The Bertz CT molecular complexity index is 559. The van der Waals surface area contributed by atoms with Crippen molar-refractivity contribution in [2.75, 3.05) is 11.9 Å². The predicted molar refractivity (Wildman–Crippen MR) is 71.3 cm³/mol. The smallest absolute Gasteiger partial charge is 0.314 e. The van der Waals surface area contributed by atoms with E-state index in [0.29, 0.717) is 19.3 Å². The molecule has 1 heterocycles. The fraction of sp³-hybridized carbons (Fsp3) is 0.467. The predicted octanol–water partition coefficient (Wildman–Crippen LogP) is 2.10. The molecule has 1 saturated carbocycles. The summed E-state index contributed by atoms with van der Waals surface area (Å²) in [6, 6.07) is 5.68. The molecule has 1 aliphatic carbocycles. The van der Waals surface area contributed by atoms with Gasteiger partial charge < -0.3 is 10.0 Å². The summed E-state index contributed by atoms with van der Waals surface area (Å²) in [5.41, 5.74) is 1.81. The molecule has 0 unspecified atom stereocenters. The van der Waals surface area contributed by atoms with Gasteiger partial charge in [0.15, 0.2) is 0 Å². The number of fused-ring (bicyclic) bond motifs is 1. The first-order valence-electron chi connectivity index (χ1n) is 6.68. The van der Waals surface area contributed by atoms with E-state index < -0.39 is 11.4 Å². The zero-order chi connectivity index (χ0) is 13.6. The number of aliphatic carboxylic acids is 1. The molecule has 0 radical (unpaired) electrons. The lowest BCUT2D eigenvalue weighted by Crippen LogP contribution is -2.34. The number of carbonyl (C=O) groups excluding carboxylic acids is 1. The summed E-state index contributed by atoms with van der Waals surface area (Å²) in [5, 5.41) is 9.70. The van der Waals surface area contributed by atoms with E-state index in [1.165, 1.54) is 0 Å². The van der Waals surface area contributed by atoms with Crippen molar-refractivity contribution in [2.24, 2.45) is 0 Å². The van der Waals surface area contributed by atoms with E-state index in [-0.39, 0.29) is 5.91 Å². The van der Waals surface area contributed by atoms with Crippen LogP contribution in [0.25, 0.3) is 0 Å². The van der Waals surface area contributed by atoms with E-state index in [1.807, 2.05) is 18.2 Å². The molecule has 0 aromatic heterocycles. The van der Waals surface area contributed by atoms with Gasteiger partial charge in [-0.3, -0.25) is 9.59 Å². The Morgan fingerprint density at radius 3 is 2.63 bits per heavy atom. The molecule has 1 N–H and O–H groups in total. The zero-order valence-electron chi connectivity index (χ0n) is 11.0. The number of anilines is 1. The van der Waals surface area contributed by atoms with Crippen LogP contribution in [0, 0.1) is 0 Å². The number of carboxylic acid groups (broad SMARTS) is 1. The van der Waals surface area contributed by atoms with Crippen molar-refractivity contribution < 1.29 is 14.7 Å². The second-order valence-electron chi connectivity index (χ2n) is 5.54. The van der Waals surface area contributed by atoms with Crippen molar-refractivity contribution in [1.82, 2.24) is 0 Å². The summed E-state index contributed by atoms with van der Waals surface area (Å²) in [7, 11) is 1.74. The topological polar surface area (TPSA) is 57.6 Å². The van der Waals surface area contributed by atoms with Gasteiger partial charge in [0.1, 0.15) is 0 Å². The van der Waals surface area contributed by atoms with Gasteiger partial charge in [-0.15, -0.1) is 0 Å². The van der Waals surface area contributed by atoms with Crippen LogP contribution in [0.5, 0.6) is 0 Å². The second-order valence-corrected chi connectivity index (χ2v) is 5.54. The molecule has 1 aromatic rings. The molecule has 0 saturated heterocycles. The minimum atomic E-state index is -0.801. The van der Waals surface area contributed by atoms with Gasteiger partial charge in [0.2, 0.25) is 5.91 Å². The molecule has 1 fully saturated rings. The highest BCUT2D eigenvalue weighted by Crippen LogP contribution is 2.47. The Morgan fingerprint density at radius 1 is 1.32 bits per heavy atom. The van der Waals surface area contributed by atoms with Crippen molar-refractivity contribution in [3.05, 3.63) is 29.3 Å². The van der Waals surface area contributed by atoms with Gasteiger partial charge in [-0.1, -0.05) is 31.0 Å². The third-order valence-corrected chi connectivity index (χ3v) is 4.55. The normalized spacial score (nSPS) is 20.7. The molecule has 1 amide bonds. The number of likely N-dealkylation sites (N-methyl/N-ethyl adjacent to an activating group) is 1. The summed E-state index contributed by atoms with van der Waals surface area (Å²) >= 11 is 0. The molecule has 0 spiro atoms. The lowest BCUT2D eigenvalue weighted by atomic mass is 9.77. The third-order valence-electron chi connectivity index (χ3n) is 4.55. The van der Waals surface area contributed by atoms with E-state index in [4.69, 9.17) is 0 Å². The second kappa shape index (κ2) is 4.08. The summed E-state index contributed by atoms with van der Waals surface area (Å²) < 4.78 is 0. The Kier molecular flexibility index (Phi) is 2.62. The van der Waals surface area contributed by atoms with Crippen LogP contribution in [0.4, 0.5) is 5.69 Å². The monoisotopic (exact) mass is 259 g/mol. The molecule has 4 nitrogen and oxygen atoms in total. The van der Waals surface area contributed by atoms with Gasteiger partial charge in [-0.25, -0.2) is 0 Å². The van der Waals surface area contributed by atoms with Gasteiger partial charge in [0, 0.05) is 7.05 Å². The number of amides is 1. The summed E-state index contributed by atoms with van der Waals surface area (Å²) in [6.07, 6.45) is 3.60. The maximum atomic E-state index is 11.9. The Morgan fingerprint density at radius 2 is 2.00 bits per heavy atom. The molecule has 0 atom stereocenters. The van der Waals surface area contributed by atoms with Crippen LogP contribution in [0.15, 0.2) is 18.2 Å². The molecule has 4 heteroatoms. The van der Waals surface area contributed by atoms with Crippen LogP contribution in [0.1, 0.15) is 36.8 Å². The number of rotatable bonds is 2. The van der Waals surface area contributed by atoms with Crippen LogP contribution in [-0.4, -0.2) is 24.0 Å². The highest BCUT2D eigenvalue weighted by atomic mass is 16.4. The van der Waals surface area contributed by atoms with Crippen LogP contribution >= 0.6 is 0 Å². The molecular formula is C15H17NO3. The van der Waals surface area contributed by atoms with Crippen LogP contribution in [0.2, 0.25) is 0 Å². The highest BCUT2D eigenvalue weighted by Gasteiger charge is 2.46. The van der Waals surface area contributed by atoms with Crippen LogP contribution < -0.4 is 4.90 Å². The quantitative estimate of drug-likeness (QED) is 0.884. The van der Waals surface area contributed by atoms with Crippen molar-refractivity contribution in [3.63, 3.8) is 0 Å². The molecule has 19 heavy (non-hydrogen) atoms. The summed E-state index contributed by atoms with van der Waals surface area (Å²) in [4.78, 5) is 25.3. The van der Waals surface area contributed by atoms with Crippen molar-refractivity contribution >= 4 is 17.6 Å². The van der Waals surface area contributed by atoms with Crippen molar-refractivity contribution in [2.45, 2.75) is 37.5 Å². The minimum absolute atomic E-state index is 0.0426. The maximum absolute atomic E-state index is 11.9. The Hall–Kier alpha value is -1.84.